The summed E-state index contributed by atoms with van der Waals surface area (Å²) in [5, 5.41) is 3.76. The van der Waals surface area contributed by atoms with E-state index in [2.05, 4.69) is 5.10 Å². The molecule has 1 aliphatic heterocycles. The number of halogens is 5. The van der Waals surface area contributed by atoms with E-state index >= 15 is 0 Å². The molecule has 1 aliphatic rings. The van der Waals surface area contributed by atoms with Crippen molar-refractivity contribution in [3.8, 4) is 11.4 Å². The lowest BCUT2D eigenvalue weighted by atomic mass is 10.0. The quantitative estimate of drug-likeness (QED) is 0.636. The van der Waals surface area contributed by atoms with Crippen molar-refractivity contribution < 1.29 is 17.9 Å². The number of aryl methyl sites for hydroxylation is 1. The van der Waals surface area contributed by atoms with Crippen LogP contribution in [0.1, 0.15) is 25.2 Å². The van der Waals surface area contributed by atoms with Gasteiger partial charge in [0, 0.05) is 19.0 Å². The molecule has 24 heavy (non-hydrogen) atoms. The first kappa shape index (κ1) is 17.6. The molecule has 3 rings (SSSR count). The number of aromatic nitrogens is 3. The van der Waals surface area contributed by atoms with Crippen LogP contribution in [0.5, 0.6) is 5.75 Å². The molecule has 0 amide bonds. The molecule has 0 unspecified atom stereocenters. The number of hydrogen-bond acceptors (Lipinski definition) is 3. The second-order valence-electron chi connectivity index (χ2n) is 6.10. The molecule has 4 nitrogen and oxygen atoms in total. The standard InChI is InChI=1S/C14H12Cl2F3N3OS/c1-13(2)5-6-9(16)8(4-7(15)10(6)23-13)22-11(14(17,18)19)20-21(3)12(22)24/h4H,5H2,1-3H3. The largest absolute Gasteiger partial charge is 0.486 e. The van der Waals surface area contributed by atoms with Crippen molar-refractivity contribution in [2.75, 3.05) is 0 Å². The lowest BCUT2D eigenvalue weighted by Gasteiger charge is -2.17. The van der Waals surface area contributed by atoms with Crippen LogP contribution in [-0.4, -0.2) is 19.9 Å². The molecule has 0 spiro atoms. The van der Waals surface area contributed by atoms with Gasteiger partial charge in [-0.15, -0.1) is 5.10 Å². The molecule has 10 heteroatoms. The summed E-state index contributed by atoms with van der Waals surface area (Å²) in [7, 11) is 1.34. The van der Waals surface area contributed by atoms with E-state index in [9.17, 15) is 13.2 Å². The summed E-state index contributed by atoms with van der Waals surface area (Å²) in [6.45, 7) is 3.69. The lowest BCUT2D eigenvalue weighted by Crippen LogP contribution is -2.24. The van der Waals surface area contributed by atoms with Gasteiger partial charge in [-0.1, -0.05) is 23.2 Å². The molecule has 2 aromatic rings. The smallest absolute Gasteiger partial charge is 0.452 e. The number of benzene rings is 1. The van der Waals surface area contributed by atoms with Crippen molar-refractivity contribution in [2.45, 2.75) is 32.0 Å². The van der Waals surface area contributed by atoms with Crippen LogP contribution >= 0.6 is 35.4 Å². The molecule has 0 radical (unpaired) electrons. The van der Waals surface area contributed by atoms with Gasteiger partial charge in [-0.25, -0.2) is 4.68 Å². The Morgan fingerprint density at radius 2 is 1.96 bits per heavy atom. The van der Waals surface area contributed by atoms with Crippen LogP contribution in [0.15, 0.2) is 6.07 Å². The minimum absolute atomic E-state index is 0.0344. The van der Waals surface area contributed by atoms with Crippen molar-refractivity contribution in [2.24, 2.45) is 7.05 Å². The Morgan fingerprint density at radius 1 is 1.33 bits per heavy atom. The number of alkyl halides is 3. The first-order valence-corrected chi connectivity index (χ1v) is 8.02. The van der Waals surface area contributed by atoms with E-state index in [-0.39, 0.29) is 20.5 Å². The number of ether oxygens (including phenoxy) is 1. The van der Waals surface area contributed by atoms with Crippen molar-refractivity contribution in [1.82, 2.24) is 14.3 Å². The zero-order valence-corrected chi connectivity index (χ0v) is 15.2. The van der Waals surface area contributed by atoms with Crippen LogP contribution in [0.25, 0.3) is 5.69 Å². The topological polar surface area (TPSA) is 32.0 Å². The highest BCUT2D eigenvalue weighted by Gasteiger charge is 2.40. The fourth-order valence-corrected chi connectivity index (χ4v) is 3.46. The number of fused-ring (bicyclic) bond motifs is 1. The fraction of sp³-hybridized carbons (Fsp3) is 0.429. The van der Waals surface area contributed by atoms with Crippen LogP contribution in [0, 0.1) is 4.77 Å². The minimum Gasteiger partial charge on any atom is -0.486 e. The molecule has 2 heterocycles. The van der Waals surface area contributed by atoms with Gasteiger partial charge in [-0.05, 0) is 32.1 Å². The Morgan fingerprint density at radius 3 is 2.54 bits per heavy atom. The van der Waals surface area contributed by atoms with Gasteiger partial charge in [0.05, 0.1) is 15.7 Å². The normalized spacial score (nSPS) is 16.2. The monoisotopic (exact) mass is 397 g/mol. The summed E-state index contributed by atoms with van der Waals surface area (Å²) in [6, 6.07) is 1.32. The highest BCUT2D eigenvalue weighted by molar-refractivity contribution is 7.71. The molecular formula is C14H12Cl2F3N3OS. The highest BCUT2D eigenvalue weighted by atomic mass is 35.5. The average Bonchev–Trinajstić information content (AvgIpc) is 2.92. The molecule has 0 N–H and O–H groups in total. The second-order valence-corrected chi connectivity index (χ2v) is 7.25. The maximum absolute atomic E-state index is 13.3. The van der Waals surface area contributed by atoms with Crippen LogP contribution in [0.3, 0.4) is 0 Å². The number of nitrogens with zero attached hydrogens (tertiary/aromatic N) is 3. The van der Waals surface area contributed by atoms with Gasteiger partial charge in [0.2, 0.25) is 10.6 Å². The zero-order valence-electron chi connectivity index (χ0n) is 12.8. The maximum Gasteiger partial charge on any atom is 0.452 e. The van der Waals surface area contributed by atoms with Gasteiger partial charge in [0.15, 0.2) is 0 Å². The molecule has 0 aliphatic carbocycles. The highest BCUT2D eigenvalue weighted by Crippen LogP contribution is 2.47. The van der Waals surface area contributed by atoms with E-state index in [1.807, 2.05) is 13.8 Å². The number of hydrogen-bond donors (Lipinski definition) is 0. The van der Waals surface area contributed by atoms with Crippen molar-refractivity contribution in [1.29, 1.82) is 0 Å². The summed E-state index contributed by atoms with van der Waals surface area (Å²) >= 11 is 17.7. The van der Waals surface area contributed by atoms with Gasteiger partial charge in [0.1, 0.15) is 11.4 Å². The first-order valence-electron chi connectivity index (χ1n) is 6.86. The van der Waals surface area contributed by atoms with Gasteiger partial charge < -0.3 is 4.74 Å². The van der Waals surface area contributed by atoms with E-state index < -0.39 is 17.6 Å². The Balaban J connectivity index is 2.32. The van der Waals surface area contributed by atoms with Crippen molar-refractivity contribution in [3.05, 3.63) is 32.3 Å². The van der Waals surface area contributed by atoms with Gasteiger partial charge in [-0.2, -0.15) is 13.2 Å². The molecule has 130 valence electrons. The molecular weight excluding hydrogens is 386 g/mol. The van der Waals surface area contributed by atoms with E-state index in [1.165, 1.54) is 13.1 Å². The summed E-state index contributed by atoms with van der Waals surface area (Å²) in [4.78, 5) is 0. The summed E-state index contributed by atoms with van der Waals surface area (Å²) in [5.41, 5.74) is 0.0486. The summed E-state index contributed by atoms with van der Waals surface area (Å²) in [5.74, 6) is -0.773. The average molecular weight is 398 g/mol. The predicted molar refractivity (Wildman–Crippen MR) is 86.8 cm³/mol. The van der Waals surface area contributed by atoms with Crippen LogP contribution in [0.2, 0.25) is 10.0 Å². The molecule has 1 aromatic heterocycles. The van der Waals surface area contributed by atoms with Crippen LogP contribution in [-0.2, 0) is 19.6 Å². The Labute approximate surface area is 150 Å². The lowest BCUT2D eigenvalue weighted by molar-refractivity contribution is -0.146. The molecule has 1 aromatic carbocycles. The van der Waals surface area contributed by atoms with Gasteiger partial charge >= 0.3 is 6.18 Å². The summed E-state index contributed by atoms with van der Waals surface area (Å²) < 4.78 is 47.3. The van der Waals surface area contributed by atoms with Crippen LogP contribution in [0.4, 0.5) is 13.2 Å². The Kier molecular flexibility index (Phi) is 3.93. The van der Waals surface area contributed by atoms with Crippen molar-refractivity contribution >= 4 is 35.4 Å². The first-order chi connectivity index (χ1) is 10.9. The molecule has 0 saturated heterocycles. The predicted octanol–water partition coefficient (Wildman–Crippen LogP) is 4.98. The van der Waals surface area contributed by atoms with Crippen molar-refractivity contribution in [3.63, 3.8) is 0 Å². The third-order valence-electron chi connectivity index (χ3n) is 3.64. The van der Waals surface area contributed by atoms with Gasteiger partial charge in [0.25, 0.3) is 0 Å². The SMILES string of the molecule is Cn1nc(C(F)(F)F)n(-c2cc(Cl)c3c(c2Cl)CC(C)(C)O3)c1=S. The summed E-state index contributed by atoms with van der Waals surface area (Å²) in [6.07, 6.45) is -4.27. The third-order valence-corrected chi connectivity index (χ3v) is 4.79. The molecule has 0 bridgehead atoms. The third kappa shape index (κ3) is 2.70. The minimum atomic E-state index is -4.70. The maximum atomic E-state index is 13.3. The Bertz CT molecular complexity index is 902. The second kappa shape index (κ2) is 5.37. The van der Waals surface area contributed by atoms with Gasteiger partial charge in [-0.3, -0.25) is 4.57 Å². The molecule has 0 saturated carbocycles. The van der Waals surface area contributed by atoms with E-state index in [4.69, 9.17) is 40.2 Å². The molecule has 0 atom stereocenters. The van der Waals surface area contributed by atoms with E-state index in [1.54, 1.807) is 0 Å². The molecule has 0 fully saturated rings. The van der Waals surface area contributed by atoms with Crippen LogP contribution < -0.4 is 4.74 Å². The Hall–Kier alpha value is -1.25. The van der Waals surface area contributed by atoms with E-state index in [0.717, 1.165) is 9.25 Å². The fourth-order valence-electron chi connectivity index (χ4n) is 2.68. The zero-order chi connectivity index (χ0) is 18.0. The van der Waals surface area contributed by atoms with E-state index in [0.29, 0.717) is 17.7 Å². The number of rotatable bonds is 1.